The zero-order chi connectivity index (χ0) is 21.6. The lowest BCUT2D eigenvalue weighted by Gasteiger charge is -2.42. The van der Waals surface area contributed by atoms with E-state index < -0.39 is 0 Å². The van der Waals surface area contributed by atoms with Crippen LogP contribution < -0.4 is 16.4 Å². The van der Waals surface area contributed by atoms with Crippen molar-refractivity contribution in [2.45, 2.75) is 52.9 Å². The number of aliphatic hydroxyl groups is 1. The van der Waals surface area contributed by atoms with Crippen molar-refractivity contribution in [1.29, 1.82) is 0 Å². The molecule has 2 aromatic heterocycles. The summed E-state index contributed by atoms with van der Waals surface area (Å²) in [7, 11) is 0. The van der Waals surface area contributed by atoms with Crippen molar-refractivity contribution in [2.24, 2.45) is 11.1 Å². The number of rotatable bonds is 3. The number of anilines is 2. The summed E-state index contributed by atoms with van der Waals surface area (Å²) in [4.78, 5) is 15.5. The molecule has 5 N–H and O–H groups in total. The zero-order valence-corrected chi connectivity index (χ0v) is 18.5. The molecule has 170 valence electrons. The van der Waals surface area contributed by atoms with Crippen molar-refractivity contribution >= 4 is 34.8 Å². The van der Waals surface area contributed by atoms with Gasteiger partial charge in [-0.25, -0.2) is 15.0 Å². The lowest BCUT2D eigenvalue weighted by Crippen LogP contribution is -2.51. The predicted molar refractivity (Wildman–Crippen MR) is 124 cm³/mol. The molecular weight excluding hydrogens is 439 g/mol. The fraction of sp³-hybridized carbons (Fsp3) is 0.571. The first-order chi connectivity index (χ1) is 14.3. The Bertz CT molecular complexity index is 965. The second-order valence-electron chi connectivity index (χ2n) is 8.18. The van der Waals surface area contributed by atoms with Crippen LogP contribution in [0, 0.1) is 12.3 Å². The van der Waals surface area contributed by atoms with E-state index in [0.717, 1.165) is 25.9 Å². The number of hydrogen-bond acceptors (Lipinski definition) is 8. The van der Waals surface area contributed by atoms with Crippen LogP contribution in [-0.4, -0.2) is 51.9 Å². The summed E-state index contributed by atoms with van der Waals surface area (Å²) < 4.78 is 5.81. The van der Waals surface area contributed by atoms with Crippen molar-refractivity contribution in [3.05, 3.63) is 27.6 Å². The zero-order valence-electron chi connectivity index (χ0n) is 17.0. The van der Waals surface area contributed by atoms with Crippen LogP contribution in [0.1, 0.15) is 38.6 Å². The molecule has 2 atom stereocenters. The highest BCUT2D eigenvalue weighted by Crippen LogP contribution is 2.42. The summed E-state index contributed by atoms with van der Waals surface area (Å²) in [6.45, 7) is 5.89. The molecule has 31 heavy (non-hydrogen) atoms. The Balaban J connectivity index is 0.00000272. The molecule has 1 spiro atoms. The van der Waals surface area contributed by atoms with Crippen molar-refractivity contribution in [3.8, 4) is 11.3 Å². The summed E-state index contributed by atoms with van der Waals surface area (Å²) in [5, 5.41) is 10.4. The van der Waals surface area contributed by atoms with E-state index in [1.165, 1.54) is 0 Å². The van der Waals surface area contributed by atoms with E-state index in [0.29, 0.717) is 35.1 Å². The Labute approximate surface area is 192 Å². The molecule has 0 amide bonds. The average Bonchev–Trinajstić information content (AvgIpc) is 3.00. The summed E-state index contributed by atoms with van der Waals surface area (Å²) >= 11 is 12.4. The van der Waals surface area contributed by atoms with E-state index in [9.17, 15) is 5.11 Å². The van der Waals surface area contributed by atoms with E-state index in [4.69, 9.17) is 44.4 Å². The number of nitrogens with two attached hydrogens (primary N) is 2. The number of nitrogens with zero attached hydrogens (tertiary/aromatic N) is 4. The van der Waals surface area contributed by atoms with Gasteiger partial charge in [0.2, 0.25) is 0 Å². The topological polar surface area (TPSA) is 123 Å². The Morgan fingerprint density at radius 2 is 1.94 bits per heavy atom. The molecule has 8 nitrogen and oxygen atoms in total. The largest absolute Gasteiger partial charge is 0.390 e. The minimum atomic E-state index is -0.247. The second kappa shape index (κ2) is 9.03. The van der Waals surface area contributed by atoms with Crippen LogP contribution in [0.5, 0.6) is 0 Å². The summed E-state index contributed by atoms with van der Waals surface area (Å²) in [5.41, 5.74) is 14.5. The van der Waals surface area contributed by atoms with Crippen LogP contribution in [0.15, 0.2) is 6.07 Å². The molecule has 0 aliphatic carbocycles. The lowest BCUT2D eigenvalue weighted by molar-refractivity contribution is 0.0973. The minimum absolute atomic E-state index is 0. The van der Waals surface area contributed by atoms with Crippen molar-refractivity contribution < 1.29 is 9.84 Å². The first-order valence-corrected chi connectivity index (χ1v) is 10.7. The normalized spacial score (nSPS) is 22.6. The smallest absolute Gasteiger partial charge is 0.153 e. The first kappa shape index (κ1) is 23.9. The average molecular weight is 469 g/mol. The SMILES string of the molecule is C.Cc1nc(N2CCC3(CC2)CO[C@@H](C)[C@H]3N)c(CO)nc1-c1cc(N)nc(Cl)c1Cl. The summed E-state index contributed by atoms with van der Waals surface area (Å²) in [6, 6.07) is 1.65. The van der Waals surface area contributed by atoms with E-state index in [1.807, 2.05) is 13.8 Å². The van der Waals surface area contributed by atoms with Crippen molar-refractivity contribution in [1.82, 2.24) is 15.0 Å². The molecule has 4 heterocycles. The molecule has 0 aromatic carbocycles. The van der Waals surface area contributed by atoms with E-state index in [-0.39, 0.29) is 47.6 Å². The summed E-state index contributed by atoms with van der Waals surface area (Å²) in [5.74, 6) is 0.916. The number of halogens is 2. The number of aryl methyl sites for hydroxylation is 1. The molecule has 2 saturated heterocycles. The molecule has 10 heteroatoms. The van der Waals surface area contributed by atoms with E-state index >= 15 is 0 Å². The number of ether oxygens (including phenoxy) is 1. The number of pyridine rings is 1. The van der Waals surface area contributed by atoms with Crippen LogP contribution in [0.25, 0.3) is 11.3 Å². The summed E-state index contributed by atoms with van der Waals surface area (Å²) in [6.07, 6.45) is 1.90. The molecule has 0 radical (unpaired) electrons. The van der Waals surface area contributed by atoms with Crippen LogP contribution in [-0.2, 0) is 11.3 Å². The second-order valence-corrected chi connectivity index (χ2v) is 8.91. The van der Waals surface area contributed by atoms with Gasteiger partial charge in [-0.15, -0.1) is 0 Å². The van der Waals surface area contributed by atoms with Crippen LogP contribution >= 0.6 is 23.2 Å². The molecule has 4 rings (SSSR count). The Morgan fingerprint density at radius 1 is 1.26 bits per heavy atom. The van der Waals surface area contributed by atoms with Gasteiger partial charge in [0.15, 0.2) is 11.0 Å². The fourth-order valence-corrected chi connectivity index (χ4v) is 4.87. The lowest BCUT2D eigenvalue weighted by atomic mass is 9.73. The van der Waals surface area contributed by atoms with E-state index in [2.05, 4.69) is 14.9 Å². The Kier molecular flexibility index (Phi) is 6.98. The van der Waals surface area contributed by atoms with E-state index in [1.54, 1.807) is 6.07 Å². The highest BCUT2D eigenvalue weighted by molar-refractivity contribution is 6.43. The van der Waals surface area contributed by atoms with Gasteiger partial charge in [0.05, 0.1) is 35.7 Å². The maximum absolute atomic E-state index is 10.0. The van der Waals surface area contributed by atoms with Crippen LogP contribution in [0.2, 0.25) is 10.2 Å². The third-order valence-corrected chi connectivity index (χ3v) is 7.12. The number of nitrogen functional groups attached to an aromatic ring is 1. The molecule has 2 aliphatic rings. The number of aliphatic hydroxyl groups excluding tert-OH is 1. The van der Waals surface area contributed by atoms with Gasteiger partial charge in [-0.1, -0.05) is 30.6 Å². The van der Waals surface area contributed by atoms with Gasteiger partial charge in [-0.3, -0.25) is 0 Å². The van der Waals surface area contributed by atoms with Crippen LogP contribution in [0.4, 0.5) is 11.6 Å². The molecule has 2 aromatic rings. The van der Waals surface area contributed by atoms with Gasteiger partial charge >= 0.3 is 0 Å². The predicted octanol–water partition coefficient (Wildman–Crippen LogP) is 3.20. The van der Waals surface area contributed by atoms with Gasteiger partial charge in [-0.2, -0.15) is 0 Å². The van der Waals surface area contributed by atoms with Crippen molar-refractivity contribution in [2.75, 3.05) is 30.3 Å². The third-order valence-electron chi connectivity index (χ3n) is 6.37. The van der Waals surface area contributed by atoms with Gasteiger partial charge in [-0.05, 0) is 32.8 Å². The molecule has 0 bridgehead atoms. The molecule has 2 aliphatic heterocycles. The molecule has 0 unspecified atom stereocenters. The van der Waals surface area contributed by atoms with Crippen molar-refractivity contribution in [3.63, 3.8) is 0 Å². The molecule has 0 saturated carbocycles. The highest BCUT2D eigenvalue weighted by Gasteiger charge is 2.47. The van der Waals surface area contributed by atoms with Gasteiger partial charge in [0, 0.05) is 30.1 Å². The number of aromatic nitrogens is 3. The first-order valence-electron chi connectivity index (χ1n) is 9.98. The molecule has 2 fully saturated rings. The molecular formula is C21H30Cl2N6O2. The Hall–Kier alpha value is -1.71. The maximum atomic E-state index is 10.0. The maximum Gasteiger partial charge on any atom is 0.153 e. The Morgan fingerprint density at radius 3 is 2.52 bits per heavy atom. The monoisotopic (exact) mass is 468 g/mol. The van der Waals surface area contributed by atoms with Crippen LogP contribution in [0.3, 0.4) is 0 Å². The minimum Gasteiger partial charge on any atom is -0.390 e. The third kappa shape index (κ3) is 4.19. The highest BCUT2D eigenvalue weighted by atomic mass is 35.5. The fourth-order valence-electron chi connectivity index (χ4n) is 4.48. The standard InChI is InChI=1S/C20H26Cl2N6O2.CH4/c1-10-16(12-7-14(23)27-18(22)15(12)21)26-13(8-29)19(25-10)28-5-3-20(4-6-28)9-30-11(2)17(20)24;/h7,11,17,29H,3-6,8-9,24H2,1-2H3,(H2,23,27);1H4/t11-,17+;/m0./s1. The quantitative estimate of drug-likeness (QED) is 0.586. The van der Waals surface area contributed by atoms with Gasteiger partial charge in [0.25, 0.3) is 0 Å². The number of hydrogen-bond donors (Lipinski definition) is 3. The van der Waals surface area contributed by atoms with Gasteiger partial charge in [0.1, 0.15) is 11.5 Å². The van der Waals surface area contributed by atoms with Gasteiger partial charge < -0.3 is 26.2 Å². The number of piperidine rings is 1.